The summed E-state index contributed by atoms with van der Waals surface area (Å²) in [4.78, 5) is 34.0. The number of ether oxygens (including phenoxy) is 1. The van der Waals surface area contributed by atoms with Crippen LogP contribution in [0.2, 0.25) is 0 Å². The van der Waals surface area contributed by atoms with Crippen LogP contribution in [0.5, 0.6) is 0 Å². The van der Waals surface area contributed by atoms with Gasteiger partial charge in [0.1, 0.15) is 12.2 Å². The molecule has 0 fully saturated rings. The number of nitro benzene ring substituents is 1. The van der Waals surface area contributed by atoms with Crippen LogP contribution in [0.15, 0.2) is 36.4 Å². The van der Waals surface area contributed by atoms with Crippen LogP contribution in [0, 0.1) is 24.0 Å². The van der Waals surface area contributed by atoms with Gasteiger partial charge in [0.2, 0.25) is 5.78 Å². The number of aryl methyl sites for hydroxylation is 2. The van der Waals surface area contributed by atoms with Gasteiger partial charge in [-0.05, 0) is 31.5 Å². The van der Waals surface area contributed by atoms with E-state index in [9.17, 15) is 32.9 Å². The smallest absolute Gasteiger partial charge is 0.416 e. The number of esters is 1. The van der Waals surface area contributed by atoms with Crippen LogP contribution in [-0.2, 0) is 15.7 Å². The maximum absolute atomic E-state index is 12.7. The van der Waals surface area contributed by atoms with Gasteiger partial charge in [-0.1, -0.05) is 23.8 Å². The van der Waals surface area contributed by atoms with Gasteiger partial charge in [0.25, 0.3) is 5.69 Å². The molecular formula is C19H17F3N2O5. The predicted octanol–water partition coefficient (Wildman–Crippen LogP) is 4.07. The van der Waals surface area contributed by atoms with Crippen molar-refractivity contribution in [3.8, 4) is 0 Å². The monoisotopic (exact) mass is 410 g/mol. The van der Waals surface area contributed by atoms with Crippen molar-refractivity contribution >= 4 is 23.1 Å². The number of nitrogens with one attached hydrogen (secondary N) is 1. The molecule has 2 aromatic rings. The highest BCUT2D eigenvalue weighted by Crippen LogP contribution is 2.34. The van der Waals surface area contributed by atoms with Gasteiger partial charge in [-0.3, -0.25) is 19.7 Å². The van der Waals surface area contributed by atoms with Gasteiger partial charge in [-0.25, -0.2) is 0 Å². The minimum Gasteiger partial charge on any atom is -0.456 e. The molecule has 154 valence electrons. The number of benzene rings is 2. The second-order valence-electron chi connectivity index (χ2n) is 6.24. The number of hydrogen-bond donors (Lipinski definition) is 1. The molecule has 0 aliphatic heterocycles. The fourth-order valence-corrected chi connectivity index (χ4v) is 2.58. The molecule has 0 spiro atoms. The summed E-state index contributed by atoms with van der Waals surface area (Å²) in [6.07, 6.45) is -4.74. The predicted molar refractivity (Wildman–Crippen MR) is 97.8 cm³/mol. The van der Waals surface area contributed by atoms with E-state index in [1.54, 1.807) is 25.1 Å². The second kappa shape index (κ2) is 8.72. The van der Waals surface area contributed by atoms with Crippen LogP contribution >= 0.6 is 0 Å². The lowest BCUT2D eigenvalue weighted by molar-refractivity contribution is -0.384. The van der Waals surface area contributed by atoms with Gasteiger partial charge in [0, 0.05) is 11.6 Å². The second-order valence-corrected chi connectivity index (χ2v) is 6.24. The molecule has 2 rings (SSSR count). The Balaban J connectivity index is 1.98. The van der Waals surface area contributed by atoms with Crippen LogP contribution in [0.25, 0.3) is 0 Å². The molecule has 1 N–H and O–H groups in total. The molecule has 0 bridgehead atoms. The average molecular weight is 410 g/mol. The Kier molecular flexibility index (Phi) is 6.57. The van der Waals surface area contributed by atoms with Crippen molar-refractivity contribution in [1.29, 1.82) is 0 Å². The molecule has 29 heavy (non-hydrogen) atoms. The van der Waals surface area contributed by atoms with E-state index in [1.165, 1.54) is 0 Å². The standard InChI is InChI=1S/C19H17F3N2O5/c1-11-3-5-14(12(2)7-11)17(25)10-29-18(26)9-23-15-6-4-13(19(20,21)22)8-16(15)24(27)28/h3-8,23H,9-10H2,1-2H3. The van der Waals surface area contributed by atoms with E-state index in [4.69, 9.17) is 4.74 Å². The number of alkyl halides is 3. The molecule has 7 nitrogen and oxygen atoms in total. The van der Waals surface area contributed by atoms with Crippen LogP contribution in [0.3, 0.4) is 0 Å². The molecule has 0 saturated heterocycles. The topological polar surface area (TPSA) is 98.5 Å². The third-order valence-corrected chi connectivity index (χ3v) is 3.99. The van der Waals surface area contributed by atoms with Gasteiger partial charge >= 0.3 is 12.1 Å². The molecule has 0 aliphatic carbocycles. The van der Waals surface area contributed by atoms with Crippen LogP contribution in [0.4, 0.5) is 24.5 Å². The Bertz CT molecular complexity index is 957. The van der Waals surface area contributed by atoms with Crippen molar-refractivity contribution in [2.24, 2.45) is 0 Å². The molecule has 0 amide bonds. The molecule has 0 atom stereocenters. The maximum atomic E-state index is 12.7. The first-order chi connectivity index (χ1) is 13.5. The van der Waals surface area contributed by atoms with E-state index >= 15 is 0 Å². The molecule has 0 saturated carbocycles. The largest absolute Gasteiger partial charge is 0.456 e. The van der Waals surface area contributed by atoms with Crippen LogP contribution in [0.1, 0.15) is 27.0 Å². The maximum Gasteiger partial charge on any atom is 0.416 e. The Morgan fingerprint density at radius 3 is 2.41 bits per heavy atom. The Hall–Kier alpha value is -3.43. The van der Waals surface area contributed by atoms with Gasteiger partial charge in [-0.15, -0.1) is 0 Å². The number of nitrogens with zero attached hydrogens (tertiary/aromatic N) is 1. The van der Waals surface area contributed by atoms with Crippen molar-refractivity contribution in [3.05, 3.63) is 68.8 Å². The van der Waals surface area contributed by atoms with E-state index in [2.05, 4.69) is 5.32 Å². The minimum absolute atomic E-state index is 0.277. The number of anilines is 1. The summed E-state index contributed by atoms with van der Waals surface area (Å²) in [6, 6.07) is 7.05. The van der Waals surface area contributed by atoms with Crippen LogP contribution < -0.4 is 5.32 Å². The Morgan fingerprint density at radius 1 is 1.14 bits per heavy atom. The lowest BCUT2D eigenvalue weighted by Gasteiger charge is -2.11. The third-order valence-electron chi connectivity index (χ3n) is 3.99. The third kappa shape index (κ3) is 5.77. The van der Waals surface area contributed by atoms with E-state index in [0.29, 0.717) is 17.7 Å². The first-order valence-corrected chi connectivity index (χ1v) is 8.34. The van der Waals surface area contributed by atoms with Crippen molar-refractivity contribution < 1.29 is 32.4 Å². The quantitative estimate of drug-likeness (QED) is 0.320. The summed E-state index contributed by atoms with van der Waals surface area (Å²) >= 11 is 0. The summed E-state index contributed by atoms with van der Waals surface area (Å²) in [5, 5.41) is 13.4. The average Bonchev–Trinajstić information content (AvgIpc) is 2.63. The minimum atomic E-state index is -4.74. The molecule has 0 heterocycles. The first kappa shape index (κ1) is 21.9. The normalized spacial score (nSPS) is 11.1. The summed E-state index contributed by atoms with van der Waals surface area (Å²) in [6.45, 7) is 2.52. The summed E-state index contributed by atoms with van der Waals surface area (Å²) < 4.78 is 42.9. The highest BCUT2D eigenvalue weighted by atomic mass is 19.4. The van der Waals surface area contributed by atoms with E-state index in [0.717, 1.165) is 17.2 Å². The number of carbonyl (C=O) groups excluding carboxylic acids is 2. The van der Waals surface area contributed by atoms with Crippen molar-refractivity contribution in [3.63, 3.8) is 0 Å². The highest BCUT2D eigenvalue weighted by molar-refractivity contribution is 5.99. The summed E-state index contributed by atoms with van der Waals surface area (Å²) in [5.41, 5.74) is -0.200. The Labute approximate surface area is 163 Å². The van der Waals surface area contributed by atoms with E-state index in [1.807, 2.05) is 6.92 Å². The highest BCUT2D eigenvalue weighted by Gasteiger charge is 2.33. The zero-order valence-corrected chi connectivity index (χ0v) is 15.5. The number of carbonyl (C=O) groups is 2. The van der Waals surface area contributed by atoms with Crippen molar-refractivity contribution in [2.45, 2.75) is 20.0 Å². The molecular weight excluding hydrogens is 393 g/mol. The van der Waals surface area contributed by atoms with E-state index in [-0.39, 0.29) is 5.69 Å². The fourth-order valence-electron chi connectivity index (χ4n) is 2.58. The lowest BCUT2D eigenvalue weighted by atomic mass is 10.0. The SMILES string of the molecule is Cc1ccc(C(=O)COC(=O)CNc2ccc(C(F)(F)F)cc2[N+](=O)[O-])c(C)c1. The molecule has 0 aromatic heterocycles. The number of rotatable bonds is 7. The number of halogens is 3. The van der Waals surface area contributed by atoms with Crippen molar-refractivity contribution in [2.75, 3.05) is 18.5 Å². The van der Waals surface area contributed by atoms with Crippen LogP contribution in [-0.4, -0.2) is 29.8 Å². The number of nitro groups is 1. The number of ketones is 1. The summed E-state index contributed by atoms with van der Waals surface area (Å²) in [7, 11) is 0. The van der Waals surface area contributed by atoms with Crippen molar-refractivity contribution in [1.82, 2.24) is 0 Å². The van der Waals surface area contributed by atoms with E-state index < -0.39 is 47.3 Å². The first-order valence-electron chi connectivity index (χ1n) is 8.34. The molecule has 0 aliphatic rings. The molecule has 0 unspecified atom stereocenters. The van der Waals surface area contributed by atoms with Gasteiger partial charge in [0.05, 0.1) is 10.5 Å². The molecule has 0 radical (unpaired) electrons. The van der Waals surface area contributed by atoms with Gasteiger partial charge in [-0.2, -0.15) is 13.2 Å². The summed E-state index contributed by atoms with van der Waals surface area (Å²) in [5.74, 6) is -1.31. The molecule has 2 aromatic carbocycles. The van der Waals surface area contributed by atoms with Gasteiger partial charge in [0.15, 0.2) is 6.61 Å². The fraction of sp³-hybridized carbons (Fsp3) is 0.263. The van der Waals surface area contributed by atoms with Gasteiger partial charge < -0.3 is 10.1 Å². The zero-order valence-electron chi connectivity index (χ0n) is 15.5. The zero-order chi connectivity index (χ0) is 21.8. The Morgan fingerprint density at radius 2 is 1.83 bits per heavy atom. The number of Topliss-reactive ketones (excluding diaryl/α,β-unsaturated/α-hetero) is 1. The number of hydrogen-bond acceptors (Lipinski definition) is 6. The molecule has 10 heteroatoms. The lowest BCUT2D eigenvalue weighted by Crippen LogP contribution is -2.21.